The summed E-state index contributed by atoms with van der Waals surface area (Å²) in [4.78, 5) is 36.6. The molecule has 0 spiro atoms. The summed E-state index contributed by atoms with van der Waals surface area (Å²) in [6.07, 6.45) is 11.4. The van der Waals surface area contributed by atoms with Crippen LogP contribution in [0.3, 0.4) is 0 Å². The second-order valence-corrected chi connectivity index (χ2v) is 11.3. The number of carbonyl (C=O) groups excluding carboxylic acids is 1. The molecule has 2 aliphatic heterocycles. The van der Waals surface area contributed by atoms with E-state index in [1.54, 1.807) is 6.20 Å². The number of aromatic hydroxyl groups is 1. The number of hydrogen-bond acceptors (Lipinski definition) is 8. The standard InChI is InChI=1S/C26H39N9O3/c1-15(34-10-2-3-11-34)24(36)30-19-8-4-17(5-9-19)28-21-13-22(29-18-6-7-18)35-23(32-21)16(14-27-35)12-20-25(37)33-26(38)31-20/h14-15,17-19,21,28,32,37H,2-13H2,1H3,(H,30,36)(H2,31,33,38). The number of amides is 1. The van der Waals surface area contributed by atoms with Gasteiger partial charge in [-0.15, -0.1) is 0 Å². The van der Waals surface area contributed by atoms with Gasteiger partial charge in [-0.25, -0.2) is 9.48 Å². The van der Waals surface area contributed by atoms with Gasteiger partial charge in [-0.2, -0.15) is 5.10 Å². The molecule has 2 aliphatic carbocycles. The molecular formula is C26H39N9O3. The molecule has 6 rings (SSSR count). The fourth-order valence-electron chi connectivity index (χ4n) is 6.00. The van der Waals surface area contributed by atoms with E-state index in [-0.39, 0.29) is 30.0 Å². The van der Waals surface area contributed by atoms with Crippen molar-refractivity contribution in [2.45, 2.75) is 101 Å². The second-order valence-electron chi connectivity index (χ2n) is 11.3. The Balaban J connectivity index is 1.08. The van der Waals surface area contributed by atoms with E-state index in [1.165, 1.54) is 12.8 Å². The smallest absolute Gasteiger partial charge is 0.325 e. The van der Waals surface area contributed by atoms with Gasteiger partial charge in [-0.3, -0.25) is 25.0 Å². The molecule has 2 unspecified atom stereocenters. The summed E-state index contributed by atoms with van der Waals surface area (Å²) in [5.41, 5.74) is 0.881. The molecule has 38 heavy (non-hydrogen) atoms. The van der Waals surface area contributed by atoms with Gasteiger partial charge in [0.05, 0.1) is 30.1 Å². The molecule has 6 N–H and O–H groups in total. The summed E-state index contributed by atoms with van der Waals surface area (Å²) in [5, 5.41) is 25.3. The van der Waals surface area contributed by atoms with Crippen molar-refractivity contribution >= 4 is 17.6 Å². The lowest BCUT2D eigenvalue weighted by molar-refractivity contribution is -0.126. The SMILES string of the molecule is CC(C(=O)NC1CCC(NC2CC(=NC3CC3)n3ncc(Cc4[nH]c(=O)[nH]c4O)c3N2)CC1)N1CCCC1. The minimum Gasteiger partial charge on any atom is -0.493 e. The molecule has 1 saturated heterocycles. The third-order valence-electron chi connectivity index (χ3n) is 8.39. The molecule has 12 heteroatoms. The first-order chi connectivity index (χ1) is 18.4. The molecule has 206 valence electrons. The molecule has 4 heterocycles. The molecule has 0 bridgehead atoms. The van der Waals surface area contributed by atoms with Crippen LogP contribution >= 0.6 is 0 Å². The number of nitrogens with zero attached hydrogens (tertiary/aromatic N) is 4. The minimum absolute atomic E-state index is 0.000602. The Morgan fingerprint density at radius 3 is 2.58 bits per heavy atom. The van der Waals surface area contributed by atoms with Crippen LogP contribution in [0.2, 0.25) is 0 Å². The van der Waals surface area contributed by atoms with E-state index < -0.39 is 5.69 Å². The van der Waals surface area contributed by atoms with Crippen molar-refractivity contribution in [2.24, 2.45) is 4.99 Å². The molecule has 2 saturated carbocycles. The van der Waals surface area contributed by atoms with Gasteiger partial charge < -0.3 is 20.7 Å². The second kappa shape index (κ2) is 10.6. The molecule has 0 aromatic carbocycles. The van der Waals surface area contributed by atoms with Crippen LogP contribution in [0.15, 0.2) is 16.0 Å². The zero-order valence-corrected chi connectivity index (χ0v) is 22.0. The number of H-pyrrole nitrogens is 2. The fraction of sp³-hybridized carbons (Fsp3) is 0.692. The number of aromatic nitrogens is 4. The van der Waals surface area contributed by atoms with Crippen LogP contribution < -0.4 is 21.6 Å². The molecule has 2 atom stereocenters. The zero-order valence-electron chi connectivity index (χ0n) is 22.0. The molecule has 2 aromatic rings. The van der Waals surface area contributed by atoms with Crippen molar-refractivity contribution in [2.75, 3.05) is 18.4 Å². The molecular weight excluding hydrogens is 486 g/mol. The van der Waals surface area contributed by atoms with E-state index in [9.17, 15) is 14.7 Å². The Kier molecular flexibility index (Phi) is 7.00. The van der Waals surface area contributed by atoms with Crippen molar-refractivity contribution in [1.82, 2.24) is 35.3 Å². The summed E-state index contributed by atoms with van der Waals surface area (Å²) < 4.78 is 1.86. The number of likely N-dealkylation sites (tertiary alicyclic amines) is 1. The number of anilines is 1. The van der Waals surface area contributed by atoms with E-state index in [4.69, 9.17) is 4.99 Å². The highest BCUT2D eigenvalue weighted by atomic mass is 16.3. The number of nitrogens with one attached hydrogen (secondary N) is 5. The Labute approximate surface area is 221 Å². The highest BCUT2D eigenvalue weighted by Gasteiger charge is 2.32. The minimum atomic E-state index is -0.431. The highest BCUT2D eigenvalue weighted by molar-refractivity contribution is 5.90. The number of fused-ring (bicyclic) bond motifs is 1. The zero-order chi connectivity index (χ0) is 26.2. The topological polar surface area (TPSA) is 155 Å². The van der Waals surface area contributed by atoms with Crippen molar-refractivity contribution < 1.29 is 9.90 Å². The number of imidazole rings is 1. The van der Waals surface area contributed by atoms with Crippen LogP contribution in [0.5, 0.6) is 5.88 Å². The van der Waals surface area contributed by atoms with Gasteiger partial charge >= 0.3 is 5.69 Å². The van der Waals surface area contributed by atoms with Crippen LogP contribution in [-0.4, -0.2) is 84.9 Å². The van der Waals surface area contributed by atoms with Gasteiger partial charge in [-0.1, -0.05) is 0 Å². The highest BCUT2D eigenvalue weighted by Crippen LogP contribution is 2.30. The van der Waals surface area contributed by atoms with E-state index in [0.717, 1.165) is 75.3 Å². The molecule has 1 amide bonds. The van der Waals surface area contributed by atoms with Gasteiger partial charge in [0.2, 0.25) is 11.8 Å². The largest absolute Gasteiger partial charge is 0.493 e. The first kappa shape index (κ1) is 25.2. The number of rotatable bonds is 8. The van der Waals surface area contributed by atoms with E-state index >= 15 is 0 Å². The number of aliphatic imine (C=N–C) groups is 1. The molecule has 0 radical (unpaired) electrons. The van der Waals surface area contributed by atoms with Crippen molar-refractivity contribution in [1.29, 1.82) is 0 Å². The average Bonchev–Trinajstić information content (AvgIpc) is 3.25. The Morgan fingerprint density at radius 2 is 1.89 bits per heavy atom. The normalized spacial score (nSPS) is 27.7. The van der Waals surface area contributed by atoms with Gasteiger partial charge in [0.1, 0.15) is 11.7 Å². The van der Waals surface area contributed by atoms with Gasteiger partial charge in [0.15, 0.2) is 0 Å². The number of carbonyl (C=O) groups is 1. The van der Waals surface area contributed by atoms with Gasteiger partial charge in [0, 0.05) is 30.5 Å². The number of hydrogen-bond donors (Lipinski definition) is 6. The summed E-state index contributed by atoms with van der Waals surface area (Å²) in [6, 6.07) is 0.910. The van der Waals surface area contributed by atoms with E-state index in [2.05, 4.69) is 35.9 Å². The van der Waals surface area contributed by atoms with Crippen LogP contribution in [0, 0.1) is 0 Å². The predicted octanol–water partition coefficient (Wildman–Crippen LogP) is 1.25. The van der Waals surface area contributed by atoms with E-state index in [1.807, 2.05) is 11.6 Å². The molecule has 2 aromatic heterocycles. The monoisotopic (exact) mass is 525 g/mol. The lowest BCUT2D eigenvalue weighted by atomic mass is 9.90. The summed E-state index contributed by atoms with van der Waals surface area (Å²) in [6.45, 7) is 4.07. The third kappa shape index (κ3) is 5.51. The van der Waals surface area contributed by atoms with Crippen molar-refractivity contribution in [3.05, 3.63) is 27.9 Å². The predicted molar refractivity (Wildman–Crippen MR) is 144 cm³/mol. The maximum atomic E-state index is 12.8. The first-order valence-corrected chi connectivity index (χ1v) is 14.1. The van der Waals surface area contributed by atoms with E-state index in [0.29, 0.717) is 24.2 Å². The average molecular weight is 526 g/mol. The maximum absolute atomic E-state index is 12.8. The Hall–Kier alpha value is -3.12. The van der Waals surface area contributed by atoms with Crippen LogP contribution in [0.25, 0.3) is 0 Å². The summed E-state index contributed by atoms with van der Waals surface area (Å²) >= 11 is 0. The summed E-state index contributed by atoms with van der Waals surface area (Å²) in [5.74, 6) is 1.79. The molecule has 12 nitrogen and oxygen atoms in total. The number of aromatic amines is 2. The quantitative estimate of drug-likeness (QED) is 0.303. The van der Waals surface area contributed by atoms with Crippen molar-refractivity contribution in [3.63, 3.8) is 0 Å². The fourth-order valence-corrected chi connectivity index (χ4v) is 6.00. The van der Waals surface area contributed by atoms with Crippen LogP contribution in [0.1, 0.15) is 76.0 Å². The van der Waals surface area contributed by atoms with Crippen molar-refractivity contribution in [3.8, 4) is 5.88 Å². The Bertz CT molecular complexity index is 1230. The Morgan fingerprint density at radius 1 is 1.16 bits per heavy atom. The van der Waals surface area contributed by atoms with Gasteiger partial charge in [-0.05, 0) is 71.4 Å². The molecule has 3 fully saturated rings. The maximum Gasteiger partial charge on any atom is 0.325 e. The lowest BCUT2D eigenvalue weighted by Crippen LogP contribution is -2.52. The van der Waals surface area contributed by atoms with Crippen LogP contribution in [0.4, 0.5) is 5.82 Å². The first-order valence-electron chi connectivity index (χ1n) is 14.1. The lowest BCUT2D eigenvalue weighted by Gasteiger charge is -2.36. The molecule has 4 aliphatic rings. The third-order valence-corrected chi connectivity index (χ3v) is 8.39. The van der Waals surface area contributed by atoms with Crippen LogP contribution in [-0.2, 0) is 11.2 Å². The van der Waals surface area contributed by atoms with Gasteiger partial charge in [0.25, 0.3) is 0 Å². The summed E-state index contributed by atoms with van der Waals surface area (Å²) in [7, 11) is 0.